The first-order valence-corrected chi connectivity index (χ1v) is 5.88. The Morgan fingerprint density at radius 1 is 1.62 bits per heavy atom. The Bertz CT molecular complexity index is 225. The predicted octanol–water partition coefficient (Wildman–Crippen LogP) is 0.626. The summed E-state index contributed by atoms with van der Waals surface area (Å²) >= 11 is 0. The van der Waals surface area contributed by atoms with Crippen LogP contribution in [0.3, 0.4) is 0 Å². The first-order chi connectivity index (χ1) is 7.53. The normalized spacial score (nSPS) is 23.8. The van der Waals surface area contributed by atoms with Crippen LogP contribution < -0.4 is 10.6 Å². The number of rotatable bonds is 5. The monoisotopic (exact) mass is 230 g/mol. The molecule has 0 aliphatic carbocycles. The van der Waals surface area contributed by atoms with Gasteiger partial charge in [-0.15, -0.1) is 0 Å². The van der Waals surface area contributed by atoms with E-state index in [0.717, 1.165) is 12.8 Å². The highest BCUT2D eigenvalue weighted by Gasteiger charge is 2.22. The average molecular weight is 230 g/mol. The highest BCUT2D eigenvalue weighted by molar-refractivity contribution is 5.74. The number of hydrogen-bond acceptors (Lipinski definition) is 3. The lowest BCUT2D eigenvalue weighted by Crippen LogP contribution is -2.47. The SMILES string of the molecule is CCCC(C)(O)CNC(=O)NC1CCOC1. The molecule has 0 aromatic carbocycles. The molecular formula is C11H22N2O3. The summed E-state index contributed by atoms with van der Waals surface area (Å²) in [4.78, 5) is 11.5. The van der Waals surface area contributed by atoms with E-state index in [-0.39, 0.29) is 18.6 Å². The molecule has 0 aromatic rings. The summed E-state index contributed by atoms with van der Waals surface area (Å²) in [5, 5.41) is 15.3. The van der Waals surface area contributed by atoms with E-state index in [1.165, 1.54) is 0 Å². The third-order valence-corrected chi connectivity index (χ3v) is 2.68. The molecule has 1 aliphatic heterocycles. The van der Waals surface area contributed by atoms with Gasteiger partial charge in [0, 0.05) is 13.2 Å². The minimum absolute atomic E-state index is 0.108. The van der Waals surface area contributed by atoms with Gasteiger partial charge in [-0.3, -0.25) is 0 Å². The maximum atomic E-state index is 11.5. The second-order valence-electron chi connectivity index (χ2n) is 4.63. The Hall–Kier alpha value is -0.810. The molecule has 2 unspecified atom stereocenters. The molecule has 5 heteroatoms. The van der Waals surface area contributed by atoms with Crippen molar-refractivity contribution in [2.45, 2.75) is 44.8 Å². The van der Waals surface area contributed by atoms with Crippen molar-refractivity contribution in [1.29, 1.82) is 0 Å². The number of urea groups is 1. The molecule has 0 radical (unpaired) electrons. The Kier molecular flexibility index (Phi) is 5.02. The third-order valence-electron chi connectivity index (χ3n) is 2.68. The molecule has 1 aliphatic rings. The van der Waals surface area contributed by atoms with E-state index in [1.807, 2.05) is 6.92 Å². The standard InChI is InChI=1S/C11H22N2O3/c1-3-5-11(2,15)8-12-10(14)13-9-4-6-16-7-9/h9,15H,3-8H2,1-2H3,(H2,12,13,14). The highest BCUT2D eigenvalue weighted by Crippen LogP contribution is 2.10. The molecular weight excluding hydrogens is 208 g/mol. The van der Waals surface area contributed by atoms with Gasteiger partial charge in [0.25, 0.3) is 0 Å². The lowest BCUT2D eigenvalue weighted by Gasteiger charge is -2.23. The van der Waals surface area contributed by atoms with E-state index >= 15 is 0 Å². The van der Waals surface area contributed by atoms with Gasteiger partial charge in [-0.2, -0.15) is 0 Å². The van der Waals surface area contributed by atoms with Crippen molar-refractivity contribution >= 4 is 6.03 Å². The molecule has 2 amide bonds. The van der Waals surface area contributed by atoms with Gasteiger partial charge in [-0.05, 0) is 19.8 Å². The van der Waals surface area contributed by atoms with Crippen LogP contribution in [0.15, 0.2) is 0 Å². The van der Waals surface area contributed by atoms with E-state index in [2.05, 4.69) is 10.6 Å². The van der Waals surface area contributed by atoms with Crippen molar-refractivity contribution in [3.05, 3.63) is 0 Å². The number of aliphatic hydroxyl groups is 1. The van der Waals surface area contributed by atoms with Crippen molar-refractivity contribution in [2.24, 2.45) is 0 Å². The molecule has 0 aromatic heterocycles. The van der Waals surface area contributed by atoms with Crippen molar-refractivity contribution < 1.29 is 14.6 Å². The van der Waals surface area contributed by atoms with Crippen LogP contribution in [0, 0.1) is 0 Å². The number of ether oxygens (including phenoxy) is 1. The Morgan fingerprint density at radius 2 is 2.38 bits per heavy atom. The number of hydrogen-bond donors (Lipinski definition) is 3. The fourth-order valence-corrected chi connectivity index (χ4v) is 1.78. The van der Waals surface area contributed by atoms with Crippen molar-refractivity contribution in [1.82, 2.24) is 10.6 Å². The quantitative estimate of drug-likeness (QED) is 0.648. The maximum Gasteiger partial charge on any atom is 0.315 e. The summed E-state index contributed by atoms with van der Waals surface area (Å²) in [6.07, 6.45) is 2.44. The zero-order chi connectivity index (χ0) is 12.0. The van der Waals surface area contributed by atoms with Gasteiger partial charge in [-0.1, -0.05) is 13.3 Å². The van der Waals surface area contributed by atoms with Gasteiger partial charge in [0.15, 0.2) is 0 Å². The molecule has 3 N–H and O–H groups in total. The summed E-state index contributed by atoms with van der Waals surface area (Å²) in [6.45, 7) is 5.30. The summed E-state index contributed by atoms with van der Waals surface area (Å²) in [5.74, 6) is 0. The van der Waals surface area contributed by atoms with Crippen LogP contribution in [0.5, 0.6) is 0 Å². The molecule has 16 heavy (non-hydrogen) atoms. The van der Waals surface area contributed by atoms with Crippen LogP contribution in [-0.2, 0) is 4.74 Å². The Balaban J connectivity index is 2.18. The Labute approximate surface area is 96.6 Å². The first kappa shape index (κ1) is 13.3. The molecule has 5 nitrogen and oxygen atoms in total. The van der Waals surface area contributed by atoms with E-state index in [0.29, 0.717) is 19.6 Å². The van der Waals surface area contributed by atoms with Gasteiger partial charge in [0.2, 0.25) is 0 Å². The molecule has 1 heterocycles. The number of carbonyl (C=O) groups is 1. The molecule has 1 saturated heterocycles. The second kappa shape index (κ2) is 6.06. The number of nitrogens with one attached hydrogen (secondary N) is 2. The fourth-order valence-electron chi connectivity index (χ4n) is 1.78. The van der Waals surface area contributed by atoms with E-state index in [1.54, 1.807) is 6.92 Å². The summed E-state index contributed by atoms with van der Waals surface area (Å²) in [5.41, 5.74) is -0.821. The van der Waals surface area contributed by atoms with Crippen LogP contribution in [0.2, 0.25) is 0 Å². The zero-order valence-corrected chi connectivity index (χ0v) is 10.1. The smallest absolute Gasteiger partial charge is 0.315 e. The van der Waals surface area contributed by atoms with Gasteiger partial charge in [-0.25, -0.2) is 4.79 Å². The minimum atomic E-state index is -0.821. The first-order valence-electron chi connectivity index (χ1n) is 5.88. The lowest BCUT2D eigenvalue weighted by molar-refractivity contribution is 0.0522. The van der Waals surface area contributed by atoms with Gasteiger partial charge in [0.1, 0.15) is 0 Å². The van der Waals surface area contributed by atoms with Crippen LogP contribution in [0.25, 0.3) is 0 Å². The fraction of sp³-hybridized carbons (Fsp3) is 0.909. The minimum Gasteiger partial charge on any atom is -0.388 e. The average Bonchev–Trinajstić information content (AvgIpc) is 2.68. The van der Waals surface area contributed by atoms with E-state index in [4.69, 9.17) is 4.74 Å². The summed E-state index contributed by atoms with van der Waals surface area (Å²) in [6, 6.07) is -0.122. The van der Waals surface area contributed by atoms with Gasteiger partial charge >= 0.3 is 6.03 Å². The molecule has 2 atom stereocenters. The largest absolute Gasteiger partial charge is 0.388 e. The lowest BCUT2D eigenvalue weighted by atomic mass is 10.0. The molecule has 1 fully saturated rings. The van der Waals surface area contributed by atoms with Crippen LogP contribution in [-0.4, -0.2) is 42.5 Å². The summed E-state index contributed by atoms with van der Waals surface area (Å²) < 4.78 is 5.15. The number of carbonyl (C=O) groups excluding carboxylic acids is 1. The maximum absolute atomic E-state index is 11.5. The van der Waals surface area contributed by atoms with E-state index in [9.17, 15) is 9.90 Å². The Morgan fingerprint density at radius 3 is 2.94 bits per heavy atom. The van der Waals surface area contributed by atoms with Crippen molar-refractivity contribution in [3.63, 3.8) is 0 Å². The summed E-state index contributed by atoms with van der Waals surface area (Å²) in [7, 11) is 0. The van der Waals surface area contributed by atoms with E-state index < -0.39 is 5.60 Å². The molecule has 0 bridgehead atoms. The number of amides is 2. The van der Waals surface area contributed by atoms with Crippen molar-refractivity contribution in [3.8, 4) is 0 Å². The third kappa shape index (κ3) is 4.81. The molecule has 1 rings (SSSR count). The zero-order valence-electron chi connectivity index (χ0n) is 10.1. The van der Waals surface area contributed by atoms with Crippen molar-refractivity contribution in [2.75, 3.05) is 19.8 Å². The highest BCUT2D eigenvalue weighted by atomic mass is 16.5. The van der Waals surface area contributed by atoms with Crippen LogP contribution >= 0.6 is 0 Å². The molecule has 0 spiro atoms. The predicted molar refractivity (Wildman–Crippen MR) is 61.3 cm³/mol. The van der Waals surface area contributed by atoms with Crippen LogP contribution in [0.4, 0.5) is 4.79 Å². The van der Waals surface area contributed by atoms with Gasteiger partial charge in [0.05, 0.1) is 18.2 Å². The second-order valence-corrected chi connectivity index (χ2v) is 4.63. The molecule has 0 saturated carbocycles. The van der Waals surface area contributed by atoms with Crippen LogP contribution in [0.1, 0.15) is 33.1 Å². The topological polar surface area (TPSA) is 70.6 Å². The molecule has 94 valence electrons. The van der Waals surface area contributed by atoms with Gasteiger partial charge < -0.3 is 20.5 Å².